The molecule has 0 saturated heterocycles. The van der Waals surface area contributed by atoms with E-state index >= 15 is 0 Å². The summed E-state index contributed by atoms with van der Waals surface area (Å²) >= 11 is 5.59. The summed E-state index contributed by atoms with van der Waals surface area (Å²) in [4.78, 5) is 29.6. The Morgan fingerprint density at radius 2 is 1.88 bits per heavy atom. The number of amides is 1. The first-order valence-corrected chi connectivity index (χ1v) is 9.26. The van der Waals surface area contributed by atoms with E-state index in [2.05, 4.69) is 63.8 Å². The summed E-state index contributed by atoms with van der Waals surface area (Å²) in [5.74, 6) is -0.178. The lowest BCUT2D eigenvalue weighted by molar-refractivity contribution is 0.0939. The van der Waals surface area contributed by atoms with Crippen molar-refractivity contribution in [3.8, 4) is 11.4 Å². The van der Waals surface area contributed by atoms with E-state index in [1.54, 1.807) is 37.1 Å². The molecule has 0 spiro atoms. The van der Waals surface area contributed by atoms with Gasteiger partial charge in [-0.3, -0.25) is 24.7 Å². The van der Waals surface area contributed by atoms with Gasteiger partial charge in [0.15, 0.2) is 0 Å². The van der Waals surface area contributed by atoms with Gasteiger partial charge in [0.2, 0.25) is 0 Å². The molecule has 0 saturated carbocycles. The lowest BCUT2D eigenvalue weighted by Gasteiger charge is -2.16. The number of hydrogen-bond acceptors (Lipinski definition) is 5. The third-order valence-electron chi connectivity index (χ3n) is 3.41. The molecule has 6 nitrogen and oxygen atoms in total. The summed E-state index contributed by atoms with van der Waals surface area (Å²) < 4.78 is 1.83. The molecule has 1 amide bonds. The molecular weight excluding hydrogens is 497 g/mol. The van der Waals surface area contributed by atoms with Crippen molar-refractivity contribution in [1.82, 2.24) is 25.3 Å². The van der Waals surface area contributed by atoms with Crippen molar-refractivity contribution < 1.29 is 4.79 Å². The molecule has 25 heavy (non-hydrogen) atoms. The average molecular weight is 510 g/mol. The van der Waals surface area contributed by atoms with Gasteiger partial charge in [-0.1, -0.05) is 15.9 Å². The van der Waals surface area contributed by atoms with Crippen LogP contribution in [0.5, 0.6) is 0 Å². The maximum absolute atomic E-state index is 12.6. The van der Waals surface area contributed by atoms with E-state index in [9.17, 15) is 4.79 Å². The second-order valence-electron chi connectivity index (χ2n) is 5.23. The van der Waals surface area contributed by atoms with Crippen molar-refractivity contribution in [3.05, 3.63) is 68.5 Å². The number of aromatic nitrogens is 4. The quantitative estimate of drug-likeness (QED) is 0.541. The van der Waals surface area contributed by atoms with Gasteiger partial charge in [0, 0.05) is 38.4 Å². The van der Waals surface area contributed by atoms with Crippen LogP contribution in [0.15, 0.2) is 53.7 Å². The highest BCUT2D eigenvalue weighted by atomic mass is 127. The molecule has 2 aromatic heterocycles. The number of benzene rings is 1. The third kappa shape index (κ3) is 4.37. The molecule has 0 bridgehead atoms. The van der Waals surface area contributed by atoms with Crippen molar-refractivity contribution in [2.45, 2.75) is 13.0 Å². The average Bonchev–Trinajstić information content (AvgIpc) is 2.61. The predicted octanol–water partition coefficient (Wildman–Crippen LogP) is 3.79. The number of halogens is 2. The van der Waals surface area contributed by atoms with Crippen LogP contribution in [0.1, 0.15) is 29.0 Å². The first-order valence-electron chi connectivity index (χ1n) is 7.39. The summed E-state index contributed by atoms with van der Waals surface area (Å²) in [6, 6.07) is 5.21. The minimum atomic E-state index is -0.338. The van der Waals surface area contributed by atoms with Crippen molar-refractivity contribution in [1.29, 1.82) is 0 Å². The van der Waals surface area contributed by atoms with Crippen LogP contribution in [0.25, 0.3) is 11.4 Å². The van der Waals surface area contributed by atoms with Gasteiger partial charge in [-0.05, 0) is 47.7 Å². The van der Waals surface area contributed by atoms with E-state index < -0.39 is 0 Å². The number of nitrogens with one attached hydrogen (secondary N) is 1. The van der Waals surface area contributed by atoms with Gasteiger partial charge in [0.1, 0.15) is 11.4 Å². The number of rotatable bonds is 4. The highest BCUT2D eigenvalue weighted by Crippen LogP contribution is 2.23. The molecule has 8 heteroatoms. The Balaban J connectivity index is 1.87. The lowest BCUT2D eigenvalue weighted by atomic mass is 10.1. The van der Waals surface area contributed by atoms with Crippen LogP contribution >= 0.6 is 38.5 Å². The number of nitrogens with zero attached hydrogens (tertiary/aromatic N) is 4. The molecule has 1 aromatic carbocycles. The first kappa shape index (κ1) is 17.9. The Morgan fingerprint density at radius 1 is 1.12 bits per heavy atom. The van der Waals surface area contributed by atoms with Gasteiger partial charge >= 0.3 is 0 Å². The molecule has 0 aliphatic rings. The van der Waals surface area contributed by atoms with E-state index in [1.807, 2.05) is 19.1 Å². The Morgan fingerprint density at radius 3 is 2.60 bits per heavy atom. The zero-order valence-corrected chi connectivity index (χ0v) is 16.9. The molecule has 1 unspecified atom stereocenters. The number of carbonyl (C=O) groups is 1. The summed E-state index contributed by atoms with van der Waals surface area (Å²) in [5.41, 5.74) is 2.44. The molecule has 0 aliphatic heterocycles. The predicted molar refractivity (Wildman–Crippen MR) is 106 cm³/mol. The molecular formula is C17H13BrIN5O. The maximum Gasteiger partial charge on any atom is 0.251 e. The summed E-state index contributed by atoms with van der Waals surface area (Å²) in [6.07, 6.45) is 8.01. The standard InChI is InChI=1S/C17H13BrIN5O/c1-10(24-17(25)11-6-12(18)8-13(19)7-11)15-16(23-5-4-22-15)14-9-20-2-3-21-14/h2-10H,1H3,(H,24,25). The Bertz CT molecular complexity index is 886. The molecule has 3 aromatic rings. The Hall–Kier alpha value is -1.94. The summed E-state index contributed by atoms with van der Waals surface area (Å²) in [5, 5.41) is 2.96. The molecule has 0 radical (unpaired) electrons. The van der Waals surface area contributed by atoms with Gasteiger partial charge < -0.3 is 5.32 Å². The van der Waals surface area contributed by atoms with Gasteiger partial charge in [-0.2, -0.15) is 0 Å². The van der Waals surface area contributed by atoms with Crippen LogP contribution in [0.2, 0.25) is 0 Å². The minimum absolute atomic E-state index is 0.178. The fourth-order valence-corrected chi connectivity index (χ4v) is 3.91. The van der Waals surface area contributed by atoms with E-state index in [-0.39, 0.29) is 11.9 Å². The molecule has 0 fully saturated rings. The smallest absolute Gasteiger partial charge is 0.251 e. The second-order valence-corrected chi connectivity index (χ2v) is 7.40. The number of carbonyl (C=O) groups excluding carboxylic acids is 1. The highest BCUT2D eigenvalue weighted by molar-refractivity contribution is 14.1. The van der Waals surface area contributed by atoms with Crippen LogP contribution in [-0.4, -0.2) is 25.8 Å². The minimum Gasteiger partial charge on any atom is -0.344 e. The second kappa shape index (κ2) is 7.96. The largest absolute Gasteiger partial charge is 0.344 e. The van der Waals surface area contributed by atoms with Crippen LogP contribution in [0.3, 0.4) is 0 Å². The summed E-state index contributed by atoms with van der Waals surface area (Å²) in [6.45, 7) is 1.87. The summed E-state index contributed by atoms with van der Waals surface area (Å²) in [7, 11) is 0. The van der Waals surface area contributed by atoms with Crippen molar-refractivity contribution in [2.24, 2.45) is 0 Å². The molecule has 0 aliphatic carbocycles. The van der Waals surface area contributed by atoms with E-state index in [4.69, 9.17) is 0 Å². The Labute approximate surface area is 166 Å². The fourth-order valence-electron chi connectivity index (χ4n) is 2.32. The highest BCUT2D eigenvalue weighted by Gasteiger charge is 2.18. The molecule has 1 N–H and O–H groups in total. The van der Waals surface area contributed by atoms with Crippen LogP contribution in [0, 0.1) is 3.57 Å². The Kier molecular flexibility index (Phi) is 5.69. The van der Waals surface area contributed by atoms with E-state index in [1.165, 1.54) is 0 Å². The monoisotopic (exact) mass is 509 g/mol. The van der Waals surface area contributed by atoms with Crippen LogP contribution in [0.4, 0.5) is 0 Å². The molecule has 1 atom stereocenters. The normalized spacial score (nSPS) is 11.8. The van der Waals surface area contributed by atoms with Gasteiger partial charge in [-0.15, -0.1) is 0 Å². The van der Waals surface area contributed by atoms with Crippen LogP contribution < -0.4 is 5.32 Å². The van der Waals surface area contributed by atoms with Crippen molar-refractivity contribution in [2.75, 3.05) is 0 Å². The van der Waals surface area contributed by atoms with Crippen molar-refractivity contribution in [3.63, 3.8) is 0 Å². The zero-order chi connectivity index (χ0) is 17.8. The van der Waals surface area contributed by atoms with Gasteiger partial charge in [-0.25, -0.2) is 0 Å². The fraction of sp³-hybridized carbons (Fsp3) is 0.118. The third-order valence-corrected chi connectivity index (χ3v) is 4.50. The zero-order valence-electron chi connectivity index (χ0n) is 13.1. The SMILES string of the molecule is CC(NC(=O)c1cc(Br)cc(I)c1)c1nccnc1-c1cnccn1. The van der Waals surface area contributed by atoms with Gasteiger partial charge in [0.25, 0.3) is 5.91 Å². The molecule has 3 rings (SSSR count). The van der Waals surface area contributed by atoms with E-state index in [0.717, 1.165) is 8.04 Å². The topological polar surface area (TPSA) is 80.7 Å². The van der Waals surface area contributed by atoms with E-state index in [0.29, 0.717) is 22.6 Å². The first-order chi connectivity index (χ1) is 12.0. The van der Waals surface area contributed by atoms with Gasteiger partial charge in [0.05, 0.1) is 17.9 Å². The molecule has 2 heterocycles. The number of hydrogen-bond donors (Lipinski definition) is 1. The lowest BCUT2D eigenvalue weighted by Crippen LogP contribution is -2.28. The molecule has 126 valence electrons. The van der Waals surface area contributed by atoms with Crippen molar-refractivity contribution >= 4 is 44.4 Å². The maximum atomic E-state index is 12.6. The van der Waals surface area contributed by atoms with Crippen LogP contribution in [-0.2, 0) is 0 Å².